The van der Waals surface area contributed by atoms with Crippen molar-refractivity contribution >= 4 is 44.8 Å². The Hall–Kier alpha value is -0.840. The lowest BCUT2D eigenvalue weighted by Gasteiger charge is -2.11. The lowest BCUT2D eigenvalue weighted by molar-refractivity contribution is 0.625. The molecular weight excluding hydrogens is 359 g/mol. The molecule has 1 nitrogen and oxygen atoms in total. The third kappa shape index (κ3) is 3.59. The highest BCUT2D eigenvalue weighted by Crippen LogP contribution is 2.32. The van der Waals surface area contributed by atoms with Gasteiger partial charge in [-0.1, -0.05) is 39.1 Å². The second kappa shape index (κ2) is 6.07. The highest BCUT2D eigenvalue weighted by atomic mass is 79.9. The molecule has 0 spiro atoms. The van der Waals surface area contributed by atoms with Gasteiger partial charge in [-0.25, -0.2) is 8.78 Å². The summed E-state index contributed by atoms with van der Waals surface area (Å²) in [5.74, 6) is -0.844. The quantitative estimate of drug-likeness (QED) is 0.740. The van der Waals surface area contributed by atoms with Crippen LogP contribution < -0.4 is 5.32 Å². The molecule has 0 fully saturated rings. The SMILES string of the molecule is Fc1cc(Cl)c(NCc2cc(F)ccc2Br)c(Cl)c1. The molecule has 0 heterocycles. The van der Waals surface area contributed by atoms with Crippen LogP contribution in [0.5, 0.6) is 0 Å². The van der Waals surface area contributed by atoms with Gasteiger partial charge >= 0.3 is 0 Å². The molecule has 6 heteroatoms. The van der Waals surface area contributed by atoms with Crippen LogP contribution in [0, 0.1) is 11.6 Å². The van der Waals surface area contributed by atoms with Crippen LogP contribution in [0.15, 0.2) is 34.8 Å². The molecule has 0 aliphatic carbocycles. The molecule has 2 rings (SSSR count). The Morgan fingerprint density at radius 2 is 1.63 bits per heavy atom. The maximum absolute atomic E-state index is 13.1. The summed E-state index contributed by atoms with van der Waals surface area (Å²) >= 11 is 15.1. The number of halogens is 5. The van der Waals surface area contributed by atoms with Gasteiger partial charge in [0.2, 0.25) is 0 Å². The molecule has 0 amide bonds. The van der Waals surface area contributed by atoms with Crippen molar-refractivity contribution in [2.24, 2.45) is 0 Å². The minimum absolute atomic E-state index is 0.178. The Kier molecular flexibility index (Phi) is 4.66. The van der Waals surface area contributed by atoms with Crippen LogP contribution in [0.1, 0.15) is 5.56 Å². The summed E-state index contributed by atoms with van der Waals surface area (Å²) in [7, 11) is 0. The van der Waals surface area contributed by atoms with E-state index in [0.29, 0.717) is 17.8 Å². The van der Waals surface area contributed by atoms with E-state index in [1.807, 2.05) is 0 Å². The van der Waals surface area contributed by atoms with Crippen molar-refractivity contribution in [3.05, 3.63) is 62.0 Å². The van der Waals surface area contributed by atoms with E-state index in [4.69, 9.17) is 23.2 Å². The van der Waals surface area contributed by atoms with Gasteiger partial charge in [-0.2, -0.15) is 0 Å². The molecule has 0 aliphatic heterocycles. The van der Waals surface area contributed by atoms with Gasteiger partial charge in [0, 0.05) is 11.0 Å². The van der Waals surface area contributed by atoms with Gasteiger partial charge in [0.25, 0.3) is 0 Å². The third-order valence-electron chi connectivity index (χ3n) is 2.47. The van der Waals surface area contributed by atoms with E-state index >= 15 is 0 Å². The zero-order chi connectivity index (χ0) is 14.0. The van der Waals surface area contributed by atoms with E-state index < -0.39 is 5.82 Å². The highest BCUT2D eigenvalue weighted by Gasteiger charge is 2.09. The lowest BCUT2D eigenvalue weighted by atomic mass is 10.2. The Labute approximate surface area is 127 Å². The van der Waals surface area contributed by atoms with Crippen LogP contribution in [0.3, 0.4) is 0 Å². The van der Waals surface area contributed by atoms with E-state index in [0.717, 1.165) is 16.6 Å². The molecule has 2 aromatic rings. The van der Waals surface area contributed by atoms with Gasteiger partial charge in [-0.3, -0.25) is 0 Å². The van der Waals surface area contributed by atoms with Crippen molar-refractivity contribution in [1.82, 2.24) is 0 Å². The van der Waals surface area contributed by atoms with Gasteiger partial charge in [0.15, 0.2) is 0 Å². The molecule has 0 aromatic heterocycles. The van der Waals surface area contributed by atoms with Crippen molar-refractivity contribution < 1.29 is 8.78 Å². The largest absolute Gasteiger partial charge is 0.379 e. The Morgan fingerprint density at radius 1 is 1.00 bits per heavy atom. The highest BCUT2D eigenvalue weighted by molar-refractivity contribution is 9.10. The van der Waals surface area contributed by atoms with E-state index in [1.165, 1.54) is 12.1 Å². The van der Waals surface area contributed by atoms with Crippen LogP contribution in [0.4, 0.5) is 14.5 Å². The number of hydrogen-bond acceptors (Lipinski definition) is 1. The van der Waals surface area contributed by atoms with Crippen LogP contribution in [-0.2, 0) is 6.54 Å². The van der Waals surface area contributed by atoms with Gasteiger partial charge in [0.05, 0.1) is 15.7 Å². The van der Waals surface area contributed by atoms with Gasteiger partial charge in [0.1, 0.15) is 11.6 Å². The molecule has 0 saturated heterocycles. The smallest absolute Gasteiger partial charge is 0.126 e. The Bertz CT molecular complexity index is 597. The first-order chi connectivity index (χ1) is 8.97. The first-order valence-electron chi connectivity index (χ1n) is 5.29. The topological polar surface area (TPSA) is 12.0 Å². The first kappa shape index (κ1) is 14.6. The summed E-state index contributed by atoms with van der Waals surface area (Å²) < 4.78 is 26.9. The number of rotatable bonds is 3. The maximum Gasteiger partial charge on any atom is 0.126 e. The fraction of sp³-hybridized carbons (Fsp3) is 0.0769. The minimum atomic E-state index is -0.507. The van der Waals surface area contributed by atoms with Crippen molar-refractivity contribution in [2.75, 3.05) is 5.32 Å². The molecule has 0 saturated carbocycles. The molecule has 1 N–H and O–H groups in total. The molecule has 100 valence electrons. The molecule has 0 bridgehead atoms. The maximum atomic E-state index is 13.1. The number of benzene rings is 2. The summed E-state index contributed by atoms with van der Waals surface area (Å²) in [6, 6.07) is 6.68. The van der Waals surface area contributed by atoms with E-state index in [-0.39, 0.29) is 15.9 Å². The summed E-state index contributed by atoms with van der Waals surface area (Å²) in [4.78, 5) is 0. The van der Waals surface area contributed by atoms with E-state index in [1.54, 1.807) is 6.07 Å². The molecule has 0 atom stereocenters. The number of anilines is 1. The fourth-order valence-corrected chi connectivity index (χ4v) is 2.55. The average molecular weight is 367 g/mol. The Balaban J connectivity index is 2.21. The summed E-state index contributed by atoms with van der Waals surface area (Å²) in [5.41, 5.74) is 1.12. The van der Waals surface area contributed by atoms with Gasteiger partial charge in [-0.05, 0) is 35.9 Å². The standard InChI is InChI=1S/C13H8BrCl2F2N/c14-10-2-1-8(17)3-7(10)6-19-13-11(15)4-9(18)5-12(13)16/h1-5,19H,6H2. The van der Waals surface area contributed by atoms with Gasteiger partial charge in [-0.15, -0.1) is 0 Å². The van der Waals surface area contributed by atoms with Crippen molar-refractivity contribution in [1.29, 1.82) is 0 Å². The number of hydrogen-bond donors (Lipinski definition) is 1. The van der Waals surface area contributed by atoms with Gasteiger partial charge < -0.3 is 5.32 Å². The zero-order valence-corrected chi connectivity index (χ0v) is 12.6. The first-order valence-corrected chi connectivity index (χ1v) is 6.84. The predicted molar refractivity (Wildman–Crippen MR) is 77.8 cm³/mol. The van der Waals surface area contributed by atoms with Crippen molar-refractivity contribution in [3.63, 3.8) is 0 Å². The van der Waals surface area contributed by atoms with Crippen LogP contribution >= 0.6 is 39.1 Å². The summed E-state index contributed by atoms with van der Waals surface area (Å²) in [5, 5.41) is 3.32. The van der Waals surface area contributed by atoms with E-state index in [9.17, 15) is 8.78 Å². The van der Waals surface area contributed by atoms with Crippen molar-refractivity contribution in [2.45, 2.75) is 6.54 Å². The Morgan fingerprint density at radius 3 is 2.26 bits per heavy atom. The second-order valence-corrected chi connectivity index (χ2v) is 5.50. The third-order valence-corrected chi connectivity index (χ3v) is 3.84. The normalized spacial score (nSPS) is 10.6. The summed E-state index contributed by atoms with van der Waals surface area (Å²) in [6.45, 7) is 0.309. The minimum Gasteiger partial charge on any atom is -0.379 e. The fourth-order valence-electron chi connectivity index (χ4n) is 1.57. The second-order valence-electron chi connectivity index (χ2n) is 3.83. The number of nitrogens with one attached hydrogen (secondary N) is 1. The lowest BCUT2D eigenvalue weighted by Crippen LogP contribution is -2.02. The van der Waals surface area contributed by atoms with Crippen LogP contribution in [-0.4, -0.2) is 0 Å². The molecule has 2 aromatic carbocycles. The van der Waals surface area contributed by atoms with E-state index in [2.05, 4.69) is 21.2 Å². The zero-order valence-electron chi connectivity index (χ0n) is 9.48. The predicted octanol–water partition coefficient (Wildman–Crippen LogP) is 5.65. The van der Waals surface area contributed by atoms with Crippen molar-refractivity contribution in [3.8, 4) is 0 Å². The average Bonchev–Trinajstić information content (AvgIpc) is 2.32. The summed E-state index contributed by atoms with van der Waals surface area (Å²) in [6.07, 6.45) is 0. The molecule has 19 heavy (non-hydrogen) atoms. The van der Waals surface area contributed by atoms with Crippen LogP contribution in [0.2, 0.25) is 10.0 Å². The molecule has 0 aliphatic rings. The molecule has 0 radical (unpaired) electrons. The monoisotopic (exact) mass is 365 g/mol. The molecule has 0 unspecified atom stereocenters. The molecular formula is C13H8BrCl2F2N. The van der Waals surface area contributed by atoms with Crippen LogP contribution in [0.25, 0.3) is 0 Å².